The molecule has 1 aromatic heterocycles. The van der Waals surface area contributed by atoms with Crippen LogP contribution in [0.3, 0.4) is 0 Å². The second-order valence-corrected chi connectivity index (χ2v) is 6.20. The molecule has 2 N–H and O–H groups in total. The fourth-order valence-corrected chi connectivity index (χ4v) is 2.69. The normalized spacial score (nSPS) is 11.4. The number of aromatic nitrogens is 2. The summed E-state index contributed by atoms with van der Waals surface area (Å²) in [5, 5.41) is 8.65. The maximum Gasteiger partial charge on any atom is 0.339 e. The van der Waals surface area contributed by atoms with Crippen molar-refractivity contribution in [2.45, 2.75) is 13.0 Å². The van der Waals surface area contributed by atoms with Crippen LogP contribution < -0.4 is 10.6 Å². The van der Waals surface area contributed by atoms with Crippen molar-refractivity contribution in [3.05, 3.63) is 83.7 Å². The first-order chi connectivity index (χ1) is 14.0. The lowest BCUT2D eigenvalue weighted by Crippen LogP contribution is -2.41. The van der Waals surface area contributed by atoms with Crippen LogP contribution in [0.15, 0.2) is 66.9 Å². The third kappa shape index (κ3) is 4.67. The third-order valence-corrected chi connectivity index (χ3v) is 4.21. The monoisotopic (exact) mass is 392 g/mol. The van der Waals surface area contributed by atoms with Crippen LogP contribution in [0.25, 0.3) is 5.69 Å². The van der Waals surface area contributed by atoms with Crippen molar-refractivity contribution >= 4 is 17.9 Å². The molecule has 0 fully saturated rings. The molecule has 0 spiro atoms. The van der Waals surface area contributed by atoms with Gasteiger partial charge in [0.2, 0.25) is 6.10 Å². The standard InChI is InChI=1S/C21H20N4O4/c1-14-12-13-23-25(14)17-10-8-16(9-11-17)20(27)29-18(15-6-4-3-5-7-15)19(26)24-21(28)22-2/h3-13,18H,1-2H3,(H2,22,24,26,28)/t18-/m1/s1. The first kappa shape index (κ1) is 19.8. The highest BCUT2D eigenvalue weighted by atomic mass is 16.5. The Bertz CT molecular complexity index is 1010. The second kappa shape index (κ2) is 8.83. The summed E-state index contributed by atoms with van der Waals surface area (Å²) in [4.78, 5) is 36.6. The van der Waals surface area contributed by atoms with E-state index in [2.05, 4.69) is 15.7 Å². The minimum atomic E-state index is -1.27. The van der Waals surface area contributed by atoms with Gasteiger partial charge in [0.05, 0.1) is 11.3 Å². The molecule has 148 valence electrons. The molecule has 1 atom stereocenters. The predicted octanol–water partition coefficient (Wildman–Crippen LogP) is 2.53. The number of urea groups is 1. The van der Waals surface area contributed by atoms with Gasteiger partial charge >= 0.3 is 12.0 Å². The zero-order chi connectivity index (χ0) is 20.8. The summed E-state index contributed by atoms with van der Waals surface area (Å²) in [6, 6.07) is 16.3. The van der Waals surface area contributed by atoms with E-state index in [1.165, 1.54) is 7.05 Å². The summed E-state index contributed by atoms with van der Waals surface area (Å²) < 4.78 is 7.17. The number of ether oxygens (including phenoxy) is 1. The summed E-state index contributed by atoms with van der Waals surface area (Å²) in [5.41, 5.74) is 2.47. The van der Waals surface area contributed by atoms with Crippen molar-refractivity contribution in [3.63, 3.8) is 0 Å². The lowest BCUT2D eigenvalue weighted by molar-refractivity contribution is -0.129. The molecule has 0 unspecified atom stereocenters. The minimum Gasteiger partial charge on any atom is -0.444 e. The molecule has 2 aromatic carbocycles. The number of hydrogen-bond acceptors (Lipinski definition) is 5. The molecule has 29 heavy (non-hydrogen) atoms. The fraction of sp³-hybridized carbons (Fsp3) is 0.143. The Labute approximate surface area is 167 Å². The third-order valence-electron chi connectivity index (χ3n) is 4.21. The number of hydrogen-bond donors (Lipinski definition) is 2. The SMILES string of the molecule is CNC(=O)NC(=O)[C@H](OC(=O)c1ccc(-n2nccc2C)cc1)c1ccccc1. The van der Waals surface area contributed by atoms with Crippen molar-refractivity contribution in [1.29, 1.82) is 0 Å². The Kier molecular flexibility index (Phi) is 6.03. The van der Waals surface area contributed by atoms with Crippen molar-refractivity contribution in [2.24, 2.45) is 0 Å². The highest BCUT2D eigenvalue weighted by Gasteiger charge is 2.27. The summed E-state index contributed by atoms with van der Waals surface area (Å²) in [7, 11) is 1.38. The van der Waals surface area contributed by atoms with Crippen LogP contribution in [0.4, 0.5) is 4.79 Å². The van der Waals surface area contributed by atoms with Crippen molar-refractivity contribution in [1.82, 2.24) is 20.4 Å². The number of amides is 3. The summed E-state index contributed by atoms with van der Waals surface area (Å²) in [5.74, 6) is -1.43. The van der Waals surface area contributed by atoms with Gasteiger partial charge in [-0.25, -0.2) is 14.3 Å². The molecule has 3 rings (SSSR count). The minimum absolute atomic E-state index is 0.271. The van der Waals surface area contributed by atoms with Gasteiger partial charge < -0.3 is 10.1 Å². The van der Waals surface area contributed by atoms with E-state index in [1.54, 1.807) is 65.5 Å². The topological polar surface area (TPSA) is 102 Å². The van der Waals surface area contributed by atoms with Gasteiger partial charge in [-0.3, -0.25) is 10.1 Å². The Balaban J connectivity index is 1.80. The van der Waals surface area contributed by atoms with Gasteiger partial charge in [-0.05, 0) is 37.3 Å². The molecule has 3 amide bonds. The number of imide groups is 1. The molecule has 0 aliphatic heterocycles. The Hall–Kier alpha value is -3.94. The molecule has 0 saturated heterocycles. The van der Waals surface area contributed by atoms with Crippen LogP contribution in [-0.4, -0.2) is 34.7 Å². The lowest BCUT2D eigenvalue weighted by atomic mass is 10.1. The van der Waals surface area contributed by atoms with Gasteiger partial charge in [-0.2, -0.15) is 5.10 Å². The van der Waals surface area contributed by atoms with Crippen LogP contribution in [-0.2, 0) is 9.53 Å². The molecule has 8 heteroatoms. The fourth-order valence-electron chi connectivity index (χ4n) is 2.69. The summed E-state index contributed by atoms with van der Waals surface area (Å²) in [6.45, 7) is 1.92. The summed E-state index contributed by atoms with van der Waals surface area (Å²) >= 11 is 0. The van der Waals surface area contributed by atoms with E-state index in [4.69, 9.17) is 4.74 Å². The molecule has 1 heterocycles. The number of nitrogens with zero attached hydrogens (tertiary/aromatic N) is 2. The molecule has 8 nitrogen and oxygen atoms in total. The highest BCUT2D eigenvalue weighted by Crippen LogP contribution is 2.20. The molecular formula is C21H20N4O4. The molecule has 0 saturated carbocycles. The van der Waals surface area contributed by atoms with E-state index in [1.807, 2.05) is 13.0 Å². The Morgan fingerprint density at radius 2 is 1.69 bits per heavy atom. The Morgan fingerprint density at radius 1 is 1.00 bits per heavy atom. The first-order valence-electron chi connectivity index (χ1n) is 8.89. The first-order valence-corrected chi connectivity index (χ1v) is 8.89. The number of nitrogens with one attached hydrogen (secondary N) is 2. The van der Waals surface area contributed by atoms with Gasteiger partial charge in [0.1, 0.15) is 0 Å². The molecule has 0 bridgehead atoms. The van der Waals surface area contributed by atoms with Crippen molar-refractivity contribution in [3.8, 4) is 5.69 Å². The average Bonchev–Trinajstić information content (AvgIpc) is 3.18. The van der Waals surface area contributed by atoms with Gasteiger partial charge in [0, 0.05) is 24.5 Å². The van der Waals surface area contributed by atoms with E-state index in [-0.39, 0.29) is 5.56 Å². The van der Waals surface area contributed by atoms with E-state index in [0.717, 1.165) is 11.4 Å². The maximum atomic E-state index is 12.6. The lowest BCUT2D eigenvalue weighted by Gasteiger charge is -2.17. The molecule has 0 radical (unpaired) electrons. The quantitative estimate of drug-likeness (QED) is 0.650. The second-order valence-electron chi connectivity index (χ2n) is 6.20. The number of benzene rings is 2. The summed E-state index contributed by atoms with van der Waals surface area (Å²) in [6.07, 6.45) is 0.418. The predicted molar refractivity (Wildman–Crippen MR) is 105 cm³/mol. The molecule has 3 aromatic rings. The van der Waals surface area contributed by atoms with E-state index in [0.29, 0.717) is 5.56 Å². The average molecular weight is 392 g/mol. The van der Waals surface area contributed by atoms with Crippen molar-refractivity contribution in [2.75, 3.05) is 7.05 Å². The number of esters is 1. The van der Waals surface area contributed by atoms with Gasteiger partial charge in [-0.15, -0.1) is 0 Å². The van der Waals surface area contributed by atoms with E-state index < -0.39 is 24.0 Å². The van der Waals surface area contributed by atoms with E-state index in [9.17, 15) is 14.4 Å². The Morgan fingerprint density at radius 3 is 2.28 bits per heavy atom. The highest BCUT2D eigenvalue weighted by molar-refractivity contribution is 5.99. The number of aryl methyl sites for hydroxylation is 1. The number of rotatable bonds is 5. The van der Waals surface area contributed by atoms with Gasteiger partial charge in [0.15, 0.2) is 0 Å². The molecule has 0 aliphatic rings. The van der Waals surface area contributed by atoms with Crippen LogP contribution in [0.1, 0.15) is 27.7 Å². The zero-order valence-electron chi connectivity index (χ0n) is 16.0. The van der Waals surface area contributed by atoms with Crippen LogP contribution >= 0.6 is 0 Å². The van der Waals surface area contributed by atoms with Crippen molar-refractivity contribution < 1.29 is 19.1 Å². The van der Waals surface area contributed by atoms with Crippen LogP contribution in [0, 0.1) is 6.92 Å². The van der Waals surface area contributed by atoms with Gasteiger partial charge in [0.25, 0.3) is 5.91 Å². The van der Waals surface area contributed by atoms with Gasteiger partial charge in [-0.1, -0.05) is 30.3 Å². The van der Waals surface area contributed by atoms with Crippen LogP contribution in [0.2, 0.25) is 0 Å². The molecule has 0 aliphatic carbocycles. The number of carbonyl (C=O) groups excluding carboxylic acids is 3. The largest absolute Gasteiger partial charge is 0.444 e. The molecular weight excluding hydrogens is 372 g/mol. The smallest absolute Gasteiger partial charge is 0.339 e. The number of carbonyl (C=O) groups is 3. The van der Waals surface area contributed by atoms with E-state index >= 15 is 0 Å². The zero-order valence-corrected chi connectivity index (χ0v) is 16.0. The van der Waals surface area contributed by atoms with Crippen LogP contribution in [0.5, 0.6) is 0 Å². The maximum absolute atomic E-state index is 12.6.